The zero-order valence-corrected chi connectivity index (χ0v) is 13.0. The Labute approximate surface area is 133 Å². The number of ether oxygens (including phenoxy) is 2. The van der Waals surface area contributed by atoms with Crippen LogP contribution in [0.5, 0.6) is 5.88 Å². The van der Waals surface area contributed by atoms with Crippen LogP contribution in [-0.2, 0) is 11.3 Å². The molecule has 0 spiro atoms. The van der Waals surface area contributed by atoms with Crippen molar-refractivity contribution >= 4 is 10.9 Å². The highest BCUT2D eigenvalue weighted by atomic mass is 16.5. The molecule has 7 nitrogen and oxygen atoms in total. The van der Waals surface area contributed by atoms with Gasteiger partial charge in [-0.25, -0.2) is 4.98 Å². The zero-order valence-electron chi connectivity index (χ0n) is 13.0. The first-order valence-corrected chi connectivity index (χ1v) is 7.91. The van der Waals surface area contributed by atoms with E-state index in [4.69, 9.17) is 9.47 Å². The molecule has 1 unspecified atom stereocenters. The second-order valence-corrected chi connectivity index (χ2v) is 5.82. The molecule has 3 aromatic heterocycles. The number of aryl methyl sites for hydroxylation is 1. The van der Waals surface area contributed by atoms with E-state index >= 15 is 0 Å². The summed E-state index contributed by atoms with van der Waals surface area (Å²) in [5.41, 5.74) is 2.75. The molecule has 0 aromatic carbocycles. The van der Waals surface area contributed by atoms with Crippen LogP contribution >= 0.6 is 0 Å². The van der Waals surface area contributed by atoms with Crippen molar-refractivity contribution < 1.29 is 9.47 Å². The van der Waals surface area contributed by atoms with Crippen molar-refractivity contribution in [3.63, 3.8) is 0 Å². The molecule has 0 saturated carbocycles. The van der Waals surface area contributed by atoms with Gasteiger partial charge in [0.2, 0.25) is 5.88 Å². The quantitative estimate of drug-likeness (QED) is 0.689. The molecule has 7 heteroatoms. The highest BCUT2D eigenvalue weighted by Crippen LogP contribution is 2.28. The van der Waals surface area contributed by atoms with Gasteiger partial charge in [0.15, 0.2) is 0 Å². The van der Waals surface area contributed by atoms with E-state index in [1.54, 1.807) is 6.20 Å². The van der Waals surface area contributed by atoms with E-state index in [0.29, 0.717) is 12.5 Å². The number of fused-ring (bicyclic) bond motifs is 4. The first-order valence-electron chi connectivity index (χ1n) is 7.91. The van der Waals surface area contributed by atoms with Crippen LogP contribution in [0.15, 0.2) is 24.7 Å². The average Bonchev–Trinajstić information content (AvgIpc) is 3.16. The summed E-state index contributed by atoms with van der Waals surface area (Å²) in [6.45, 7) is 4.28. The number of H-pyrrole nitrogens is 1. The number of pyridine rings is 1. The molecule has 0 saturated heterocycles. The Bertz CT molecular complexity index is 810. The van der Waals surface area contributed by atoms with E-state index in [1.165, 1.54) is 0 Å². The number of aromatic nitrogens is 5. The van der Waals surface area contributed by atoms with Crippen LogP contribution in [0.1, 0.15) is 19.8 Å². The molecule has 3 aromatic rings. The first kappa shape index (κ1) is 14.2. The molecular formula is C16H19N5O2. The van der Waals surface area contributed by atoms with Crippen LogP contribution in [0.25, 0.3) is 22.2 Å². The third-order valence-corrected chi connectivity index (χ3v) is 4.00. The summed E-state index contributed by atoms with van der Waals surface area (Å²) in [4.78, 5) is 4.34. The molecule has 23 heavy (non-hydrogen) atoms. The Morgan fingerprint density at radius 2 is 2.26 bits per heavy atom. The minimum atomic E-state index is 0.0569. The summed E-state index contributed by atoms with van der Waals surface area (Å²) in [6.07, 6.45) is 7.43. The van der Waals surface area contributed by atoms with E-state index in [-0.39, 0.29) is 6.10 Å². The standard InChI is InChI=1S/C16H19N5O2/c1-11-3-6-22-5-2-4-21-10-12(8-18-21)16-13-7-15(23-11)17-9-14(13)19-20-16/h7-11H,2-6H2,1H3,(H,19,20). The summed E-state index contributed by atoms with van der Waals surface area (Å²) in [6, 6.07) is 1.93. The topological polar surface area (TPSA) is 77.9 Å². The SMILES string of the molecule is CC1CCOCCCn2cc(cn2)-c2n[nH]c3cnc(cc23)O1. The predicted octanol–water partition coefficient (Wildman–Crippen LogP) is 2.40. The summed E-state index contributed by atoms with van der Waals surface area (Å²) in [5.74, 6) is 0.606. The third-order valence-electron chi connectivity index (χ3n) is 4.00. The lowest BCUT2D eigenvalue weighted by Crippen LogP contribution is -2.16. The maximum atomic E-state index is 5.90. The molecular weight excluding hydrogens is 294 g/mol. The average molecular weight is 313 g/mol. The van der Waals surface area contributed by atoms with Gasteiger partial charge in [-0.2, -0.15) is 10.2 Å². The number of nitrogens with one attached hydrogen (secondary N) is 1. The molecule has 4 bridgehead atoms. The summed E-state index contributed by atoms with van der Waals surface area (Å²) in [5, 5.41) is 12.8. The van der Waals surface area contributed by atoms with Crippen LogP contribution in [0.2, 0.25) is 0 Å². The molecule has 4 rings (SSSR count). The van der Waals surface area contributed by atoms with Gasteiger partial charge in [0.05, 0.1) is 30.6 Å². The van der Waals surface area contributed by atoms with E-state index < -0.39 is 0 Å². The summed E-state index contributed by atoms with van der Waals surface area (Å²) >= 11 is 0. The third kappa shape index (κ3) is 2.92. The second kappa shape index (κ2) is 6.00. The minimum absolute atomic E-state index is 0.0569. The molecule has 0 fully saturated rings. The van der Waals surface area contributed by atoms with Gasteiger partial charge in [0, 0.05) is 42.8 Å². The van der Waals surface area contributed by atoms with Crippen LogP contribution in [-0.4, -0.2) is 44.3 Å². The molecule has 0 amide bonds. The molecule has 1 aliphatic rings. The van der Waals surface area contributed by atoms with Crippen LogP contribution in [0.3, 0.4) is 0 Å². The van der Waals surface area contributed by atoms with Gasteiger partial charge in [0.1, 0.15) is 5.69 Å². The van der Waals surface area contributed by atoms with Crippen LogP contribution in [0, 0.1) is 0 Å². The number of rotatable bonds is 0. The van der Waals surface area contributed by atoms with Gasteiger partial charge in [-0.15, -0.1) is 0 Å². The van der Waals surface area contributed by atoms with Crippen molar-refractivity contribution in [3.05, 3.63) is 24.7 Å². The van der Waals surface area contributed by atoms with Crippen molar-refractivity contribution in [2.24, 2.45) is 0 Å². The minimum Gasteiger partial charge on any atom is -0.475 e. The molecule has 1 N–H and O–H groups in total. The van der Waals surface area contributed by atoms with Gasteiger partial charge in [0.25, 0.3) is 0 Å². The van der Waals surface area contributed by atoms with Crippen molar-refractivity contribution in [1.29, 1.82) is 0 Å². The fourth-order valence-corrected chi connectivity index (χ4v) is 2.74. The molecule has 1 atom stereocenters. The number of hydrogen-bond acceptors (Lipinski definition) is 5. The van der Waals surface area contributed by atoms with Crippen molar-refractivity contribution in [1.82, 2.24) is 25.0 Å². The molecule has 0 radical (unpaired) electrons. The van der Waals surface area contributed by atoms with E-state index in [1.807, 2.05) is 30.1 Å². The van der Waals surface area contributed by atoms with Gasteiger partial charge in [-0.05, 0) is 13.3 Å². The maximum Gasteiger partial charge on any atom is 0.214 e. The van der Waals surface area contributed by atoms with Crippen LogP contribution < -0.4 is 4.74 Å². The van der Waals surface area contributed by atoms with Crippen LogP contribution in [0.4, 0.5) is 0 Å². The fraction of sp³-hybridized carbons (Fsp3) is 0.438. The highest BCUT2D eigenvalue weighted by Gasteiger charge is 2.14. The monoisotopic (exact) mass is 313 g/mol. The van der Waals surface area contributed by atoms with E-state index in [2.05, 4.69) is 20.3 Å². The van der Waals surface area contributed by atoms with Gasteiger partial charge >= 0.3 is 0 Å². The lowest BCUT2D eigenvalue weighted by atomic mass is 10.1. The first-order chi connectivity index (χ1) is 11.3. The van der Waals surface area contributed by atoms with Crippen molar-refractivity contribution in [3.8, 4) is 17.1 Å². The Hall–Kier alpha value is -2.41. The number of hydrogen-bond donors (Lipinski definition) is 1. The Morgan fingerprint density at radius 3 is 3.22 bits per heavy atom. The van der Waals surface area contributed by atoms with Gasteiger partial charge in [-0.3, -0.25) is 9.78 Å². The zero-order chi connectivity index (χ0) is 15.6. The lowest BCUT2D eigenvalue weighted by Gasteiger charge is -2.14. The van der Waals surface area contributed by atoms with Gasteiger partial charge < -0.3 is 9.47 Å². The second-order valence-electron chi connectivity index (χ2n) is 5.82. The molecule has 4 heterocycles. The van der Waals surface area contributed by atoms with E-state index in [9.17, 15) is 0 Å². The normalized spacial score (nSPS) is 19.3. The van der Waals surface area contributed by atoms with Crippen molar-refractivity contribution in [2.75, 3.05) is 13.2 Å². The predicted molar refractivity (Wildman–Crippen MR) is 85.3 cm³/mol. The van der Waals surface area contributed by atoms with Gasteiger partial charge in [-0.1, -0.05) is 0 Å². The number of aromatic amines is 1. The number of nitrogens with zero attached hydrogens (tertiary/aromatic N) is 4. The van der Waals surface area contributed by atoms with Crippen molar-refractivity contribution in [2.45, 2.75) is 32.4 Å². The lowest BCUT2D eigenvalue weighted by molar-refractivity contribution is 0.0925. The van der Waals surface area contributed by atoms with E-state index in [0.717, 1.165) is 48.2 Å². The fourth-order valence-electron chi connectivity index (χ4n) is 2.74. The smallest absolute Gasteiger partial charge is 0.214 e. The Kier molecular flexibility index (Phi) is 3.70. The molecule has 120 valence electrons. The maximum absolute atomic E-state index is 5.90. The summed E-state index contributed by atoms with van der Waals surface area (Å²) in [7, 11) is 0. The summed E-state index contributed by atoms with van der Waals surface area (Å²) < 4.78 is 13.5. The Morgan fingerprint density at radius 1 is 1.30 bits per heavy atom. The highest BCUT2D eigenvalue weighted by molar-refractivity contribution is 5.92. The Balaban J connectivity index is 1.76. The molecule has 1 aliphatic heterocycles. The molecule has 0 aliphatic carbocycles. The largest absolute Gasteiger partial charge is 0.475 e.